The first-order valence-electron chi connectivity index (χ1n) is 6.91. The van der Waals surface area contributed by atoms with Crippen molar-refractivity contribution in [1.82, 2.24) is 20.1 Å². The van der Waals surface area contributed by atoms with Gasteiger partial charge in [0.05, 0.1) is 6.04 Å². The molecule has 2 heterocycles. The van der Waals surface area contributed by atoms with E-state index in [0.717, 1.165) is 31.2 Å². The van der Waals surface area contributed by atoms with E-state index >= 15 is 0 Å². The van der Waals surface area contributed by atoms with Crippen LogP contribution in [0.15, 0.2) is 24.3 Å². The van der Waals surface area contributed by atoms with Crippen LogP contribution in [0.25, 0.3) is 0 Å². The second-order valence-electron chi connectivity index (χ2n) is 5.33. The molecule has 0 radical (unpaired) electrons. The summed E-state index contributed by atoms with van der Waals surface area (Å²) in [7, 11) is 0. The first-order chi connectivity index (χ1) is 9.24. The normalized spacial score (nSPS) is 20.0. The average molecular weight is 256 g/mol. The number of hydrogen-bond acceptors (Lipinski definition) is 3. The molecule has 0 spiro atoms. The van der Waals surface area contributed by atoms with E-state index in [1.807, 2.05) is 6.92 Å². The summed E-state index contributed by atoms with van der Waals surface area (Å²) >= 11 is 0. The van der Waals surface area contributed by atoms with Gasteiger partial charge in [0, 0.05) is 6.54 Å². The van der Waals surface area contributed by atoms with E-state index in [0.29, 0.717) is 6.04 Å². The number of H-pyrrole nitrogens is 1. The number of aromatic amines is 1. The molecule has 1 unspecified atom stereocenters. The van der Waals surface area contributed by atoms with Gasteiger partial charge in [0.1, 0.15) is 5.82 Å². The number of nitrogens with one attached hydrogen (secondary N) is 1. The van der Waals surface area contributed by atoms with Crippen molar-refractivity contribution in [2.75, 3.05) is 6.54 Å². The summed E-state index contributed by atoms with van der Waals surface area (Å²) in [5.41, 5.74) is 2.76. The molecule has 1 aromatic heterocycles. The summed E-state index contributed by atoms with van der Waals surface area (Å²) in [6, 6.07) is 8.97. The summed E-state index contributed by atoms with van der Waals surface area (Å²) in [5.74, 6) is 1.85. The Kier molecular flexibility index (Phi) is 3.34. The van der Waals surface area contributed by atoms with Gasteiger partial charge in [-0.1, -0.05) is 24.3 Å². The Labute approximate surface area is 113 Å². The number of likely N-dealkylation sites (tertiary alicyclic amines) is 1. The zero-order valence-corrected chi connectivity index (χ0v) is 11.6. The third-order valence-electron chi connectivity index (χ3n) is 3.91. The van der Waals surface area contributed by atoms with Crippen LogP contribution in [-0.4, -0.2) is 26.6 Å². The maximum atomic E-state index is 4.50. The molecule has 0 amide bonds. The second kappa shape index (κ2) is 5.13. The predicted molar refractivity (Wildman–Crippen MR) is 74.7 cm³/mol. The largest absolute Gasteiger partial charge is 0.289 e. The average Bonchev–Trinajstić information content (AvgIpc) is 3.01. The molecular weight excluding hydrogens is 236 g/mol. The fourth-order valence-corrected chi connectivity index (χ4v) is 2.82. The quantitative estimate of drug-likeness (QED) is 0.918. The molecule has 4 nitrogen and oxygen atoms in total. The maximum Gasteiger partial charge on any atom is 0.167 e. The lowest BCUT2D eigenvalue weighted by molar-refractivity contribution is 0.240. The molecule has 100 valence electrons. The number of nitrogens with zero attached hydrogens (tertiary/aromatic N) is 3. The van der Waals surface area contributed by atoms with E-state index < -0.39 is 0 Å². The van der Waals surface area contributed by atoms with Gasteiger partial charge in [-0.2, -0.15) is 5.10 Å². The fraction of sp³-hybridized carbons (Fsp3) is 0.467. The Morgan fingerprint density at radius 2 is 2.16 bits per heavy atom. The van der Waals surface area contributed by atoms with Gasteiger partial charge in [-0.25, -0.2) is 4.98 Å². The molecule has 0 aliphatic carbocycles. The molecule has 1 atom stereocenters. The lowest BCUT2D eigenvalue weighted by Gasteiger charge is -2.23. The highest BCUT2D eigenvalue weighted by molar-refractivity contribution is 5.25. The van der Waals surface area contributed by atoms with Crippen LogP contribution in [0.4, 0.5) is 0 Å². The minimum atomic E-state index is 0.365. The maximum absolute atomic E-state index is 4.50. The molecule has 1 N–H and O–H groups in total. The SMILES string of the molecule is Cc1nc(C2CCCN2Cc2ccccc2C)n[nH]1. The van der Waals surface area contributed by atoms with Crippen molar-refractivity contribution in [2.45, 2.75) is 39.3 Å². The van der Waals surface area contributed by atoms with Crippen LogP contribution < -0.4 is 0 Å². The molecule has 1 aliphatic rings. The van der Waals surface area contributed by atoms with Gasteiger partial charge in [0.2, 0.25) is 0 Å². The Hall–Kier alpha value is -1.68. The first kappa shape index (κ1) is 12.4. The lowest BCUT2D eigenvalue weighted by atomic mass is 10.1. The Morgan fingerprint density at radius 1 is 1.32 bits per heavy atom. The van der Waals surface area contributed by atoms with Crippen LogP contribution in [0.3, 0.4) is 0 Å². The number of aromatic nitrogens is 3. The molecule has 3 rings (SSSR count). The summed E-state index contributed by atoms with van der Waals surface area (Å²) < 4.78 is 0. The van der Waals surface area contributed by atoms with Gasteiger partial charge in [0.25, 0.3) is 0 Å². The summed E-state index contributed by atoms with van der Waals surface area (Å²) in [4.78, 5) is 6.99. The Bertz CT molecular complexity index is 561. The number of benzene rings is 1. The highest BCUT2D eigenvalue weighted by Gasteiger charge is 2.29. The molecule has 1 saturated heterocycles. The van der Waals surface area contributed by atoms with Crippen molar-refractivity contribution in [2.24, 2.45) is 0 Å². The van der Waals surface area contributed by atoms with Gasteiger partial charge in [-0.15, -0.1) is 0 Å². The Balaban J connectivity index is 1.79. The number of aryl methyl sites for hydroxylation is 2. The van der Waals surface area contributed by atoms with Crippen LogP contribution in [0.1, 0.15) is 41.7 Å². The van der Waals surface area contributed by atoms with Crippen molar-refractivity contribution < 1.29 is 0 Å². The molecule has 1 fully saturated rings. The topological polar surface area (TPSA) is 44.8 Å². The highest BCUT2D eigenvalue weighted by Crippen LogP contribution is 2.31. The molecule has 0 saturated carbocycles. The van der Waals surface area contributed by atoms with Crippen molar-refractivity contribution >= 4 is 0 Å². The third kappa shape index (κ3) is 2.54. The van der Waals surface area contributed by atoms with E-state index in [2.05, 4.69) is 51.3 Å². The molecule has 19 heavy (non-hydrogen) atoms. The van der Waals surface area contributed by atoms with Crippen molar-refractivity contribution in [3.05, 3.63) is 47.0 Å². The zero-order chi connectivity index (χ0) is 13.2. The zero-order valence-electron chi connectivity index (χ0n) is 11.6. The third-order valence-corrected chi connectivity index (χ3v) is 3.91. The summed E-state index contributed by atoms with van der Waals surface area (Å²) in [5, 5.41) is 7.29. The van der Waals surface area contributed by atoms with Crippen LogP contribution >= 0.6 is 0 Å². The van der Waals surface area contributed by atoms with Crippen molar-refractivity contribution in [1.29, 1.82) is 0 Å². The van der Waals surface area contributed by atoms with E-state index in [9.17, 15) is 0 Å². The smallest absolute Gasteiger partial charge is 0.167 e. The monoisotopic (exact) mass is 256 g/mol. The Morgan fingerprint density at radius 3 is 2.89 bits per heavy atom. The van der Waals surface area contributed by atoms with Gasteiger partial charge >= 0.3 is 0 Å². The van der Waals surface area contributed by atoms with Crippen molar-refractivity contribution in [3.63, 3.8) is 0 Å². The van der Waals surface area contributed by atoms with Gasteiger partial charge < -0.3 is 0 Å². The van der Waals surface area contributed by atoms with E-state index in [-0.39, 0.29) is 0 Å². The van der Waals surface area contributed by atoms with Crippen LogP contribution in [0, 0.1) is 13.8 Å². The van der Waals surface area contributed by atoms with Crippen LogP contribution in [-0.2, 0) is 6.54 Å². The first-order valence-corrected chi connectivity index (χ1v) is 6.91. The predicted octanol–water partition coefficient (Wildman–Crippen LogP) is 2.76. The highest BCUT2D eigenvalue weighted by atomic mass is 15.3. The molecule has 2 aromatic rings. The van der Waals surface area contributed by atoms with Gasteiger partial charge in [-0.3, -0.25) is 10.00 Å². The number of hydrogen-bond donors (Lipinski definition) is 1. The van der Waals surface area contributed by atoms with E-state index in [1.165, 1.54) is 17.5 Å². The molecular formula is C15H20N4. The molecule has 0 bridgehead atoms. The lowest BCUT2D eigenvalue weighted by Crippen LogP contribution is -2.24. The number of rotatable bonds is 3. The van der Waals surface area contributed by atoms with Gasteiger partial charge in [0.15, 0.2) is 5.82 Å². The van der Waals surface area contributed by atoms with Crippen molar-refractivity contribution in [3.8, 4) is 0 Å². The molecule has 1 aliphatic heterocycles. The van der Waals surface area contributed by atoms with Crippen LogP contribution in [0.5, 0.6) is 0 Å². The van der Waals surface area contributed by atoms with E-state index in [1.54, 1.807) is 0 Å². The van der Waals surface area contributed by atoms with Crippen LogP contribution in [0.2, 0.25) is 0 Å². The minimum absolute atomic E-state index is 0.365. The molecule has 1 aromatic carbocycles. The standard InChI is InChI=1S/C15H20N4/c1-11-6-3-4-7-13(11)10-19-9-5-8-14(19)15-16-12(2)17-18-15/h3-4,6-7,14H,5,8-10H2,1-2H3,(H,16,17,18). The molecule has 4 heteroatoms. The summed E-state index contributed by atoms with van der Waals surface area (Å²) in [6.07, 6.45) is 2.38. The second-order valence-corrected chi connectivity index (χ2v) is 5.33. The van der Waals surface area contributed by atoms with Gasteiger partial charge in [-0.05, 0) is 44.4 Å². The fourth-order valence-electron chi connectivity index (χ4n) is 2.82. The summed E-state index contributed by atoms with van der Waals surface area (Å²) in [6.45, 7) is 6.26. The van der Waals surface area contributed by atoms with E-state index in [4.69, 9.17) is 0 Å². The minimum Gasteiger partial charge on any atom is -0.289 e.